The van der Waals surface area contributed by atoms with Crippen LogP contribution in [-0.2, 0) is 10.0 Å². The highest BCUT2D eigenvalue weighted by Crippen LogP contribution is 2.27. The molecule has 0 radical (unpaired) electrons. The summed E-state index contributed by atoms with van der Waals surface area (Å²) in [5, 5.41) is 0. The topological polar surface area (TPSA) is 72.2 Å². The Hall–Kier alpha value is -0.270. The first kappa shape index (κ1) is 19.8. The summed E-state index contributed by atoms with van der Waals surface area (Å²) >= 11 is 1.53. The van der Waals surface area contributed by atoms with E-state index in [0.717, 1.165) is 17.7 Å². The molecule has 3 N–H and O–H groups in total. The summed E-state index contributed by atoms with van der Waals surface area (Å²) < 4.78 is 27.9. The molecule has 1 aromatic carbocycles. The second-order valence-corrected chi connectivity index (χ2v) is 8.13. The fraction of sp³-hybridized carbons (Fsp3) is 0.600. The van der Waals surface area contributed by atoms with E-state index in [9.17, 15) is 8.42 Å². The lowest BCUT2D eigenvalue weighted by atomic mass is 9.84. The highest BCUT2D eigenvalue weighted by atomic mass is 35.5. The molecule has 0 amide bonds. The molecule has 0 heterocycles. The largest absolute Gasteiger partial charge is 0.329 e. The van der Waals surface area contributed by atoms with Crippen LogP contribution in [0.25, 0.3) is 0 Å². The van der Waals surface area contributed by atoms with Gasteiger partial charge in [0.25, 0.3) is 0 Å². The number of nitrogens with two attached hydrogens (primary N) is 1. The Morgan fingerprint density at radius 3 is 2.59 bits per heavy atom. The van der Waals surface area contributed by atoms with E-state index < -0.39 is 10.0 Å². The van der Waals surface area contributed by atoms with E-state index in [1.54, 1.807) is 18.2 Å². The van der Waals surface area contributed by atoms with Gasteiger partial charge in [-0.05, 0) is 43.2 Å². The second-order valence-electron chi connectivity index (χ2n) is 5.54. The number of hydrogen-bond donors (Lipinski definition) is 2. The zero-order valence-corrected chi connectivity index (χ0v) is 15.3. The van der Waals surface area contributed by atoms with Gasteiger partial charge in [-0.25, -0.2) is 13.1 Å². The second kappa shape index (κ2) is 9.13. The summed E-state index contributed by atoms with van der Waals surface area (Å²) in [6.45, 7) is 0.353. The van der Waals surface area contributed by atoms with E-state index in [0.29, 0.717) is 17.4 Å². The third-order valence-electron chi connectivity index (χ3n) is 4.13. The van der Waals surface area contributed by atoms with Crippen molar-refractivity contribution in [2.75, 3.05) is 12.8 Å². The lowest BCUT2D eigenvalue weighted by Gasteiger charge is -2.29. The van der Waals surface area contributed by atoms with E-state index in [4.69, 9.17) is 5.73 Å². The van der Waals surface area contributed by atoms with Gasteiger partial charge in [0, 0.05) is 17.5 Å². The van der Waals surface area contributed by atoms with Gasteiger partial charge in [0.05, 0.1) is 4.90 Å². The summed E-state index contributed by atoms with van der Waals surface area (Å²) in [5.74, 6) is 0.363. The van der Waals surface area contributed by atoms with Gasteiger partial charge in [-0.3, -0.25) is 0 Å². The highest BCUT2D eigenvalue weighted by Gasteiger charge is 2.27. The minimum absolute atomic E-state index is 0. The molecule has 4 nitrogen and oxygen atoms in total. The van der Waals surface area contributed by atoms with Crippen molar-refractivity contribution in [3.8, 4) is 0 Å². The third kappa shape index (κ3) is 5.13. The lowest BCUT2D eigenvalue weighted by Crippen LogP contribution is -2.45. The van der Waals surface area contributed by atoms with Gasteiger partial charge >= 0.3 is 0 Å². The van der Waals surface area contributed by atoms with Crippen molar-refractivity contribution < 1.29 is 8.42 Å². The molecule has 7 heteroatoms. The van der Waals surface area contributed by atoms with Crippen molar-refractivity contribution in [3.05, 3.63) is 24.3 Å². The van der Waals surface area contributed by atoms with Crippen LogP contribution in [0.4, 0.5) is 0 Å². The molecule has 1 aromatic rings. The lowest BCUT2D eigenvalue weighted by molar-refractivity contribution is 0.294. The Bertz CT molecular complexity index is 560. The fourth-order valence-electron chi connectivity index (χ4n) is 2.91. The van der Waals surface area contributed by atoms with Gasteiger partial charge in [-0.15, -0.1) is 24.2 Å². The van der Waals surface area contributed by atoms with Crippen molar-refractivity contribution in [2.45, 2.75) is 47.9 Å². The van der Waals surface area contributed by atoms with Crippen LogP contribution in [0.3, 0.4) is 0 Å². The van der Waals surface area contributed by atoms with Crippen LogP contribution in [0.15, 0.2) is 34.1 Å². The molecule has 1 unspecified atom stereocenters. The molecule has 0 spiro atoms. The molecule has 1 atom stereocenters. The van der Waals surface area contributed by atoms with Gasteiger partial charge in [-0.2, -0.15) is 0 Å². The van der Waals surface area contributed by atoms with E-state index in [1.807, 2.05) is 12.3 Å². The number of nitrogens with one attached hydrogen (secondary N) is 1. The van der Waals surface area contributed by atoms with Gasteiger partial charge in [0.2, 0.25) is 10.0 Å². The van der Waals surface area contributed by atoms with Crippen LogP contribution in [0.1, 0.15) is 32.1 Å². The predicted octanol–water partition coefficient (Wildman–Crippen LogP) is 3.02. The van der Waals surface area contributed by atoms with Crippen LogP contribution < -0.4 is 10.5 Å². The quantitative estimate of drug-likeness (QED) is 0.761. The summed E-state index contributed by atoms with van der Waals surface area (Å²) in [7, 11) is -3.50. The maximum atomic E-state index is 12.5. The van der Waals surface area contributed by atoms with Crippen molar-refractivity contribution in [2.24, 2.45) is 11.7 Å². The molecule has 1 aliphatic carbocycles. The molecule has 2 rings (SSSR count). The molecule has 0 saturated heterocycles. The molecule has 1 aliphatic rings. The third-order valence-corrected chi connectivity index (χ3v) is 6.34. The fourth-order valence-corrected chi connectivity index (χ4v) is 4.81. The number of benzene rings is 1. The Kier molecular flexibility index (Phi) is 8.21. The number of hydrogen-bond acceptors (Lipinski definition) is 4. The normalized spacial score (nSPS) is 17.7. The first-order valence-electron chi connectivity index (χ1n) is 7.43. The Labute approximate surface area is 144 Å². The van der Waals surface area contributed by atoms with E-state index in [2.05, 4.69) is 4.72 Å². The maximum absolute atomic E-state index is 12.5. The maximum Gasteiger partial charge on any atom is 0.240 e. The van der Waals surface area contributed by atoms with Crippen molar-refractivity contribution in [3.63, 3.8) is 0 Å². The minimum Gasteiger partial charge on any atom is -0.329 e. The van der Waals surface area contributed by atoms with Gasteiger partial charge < -0.3 is 5.73 Å². The minimum atomic E-state index is -3.50. The number of halogens is 1. The average molecular weight is 365 g/mol. The Morgan fingerprint density at radius 1 is 1.32 bits per heavy atom. The van der Waals surface area contributed by atoms with Crippen LogP contribution >= 0.6 is 24.2 Å². The van der Waals surface area contributed by atoms with Crippen LogP contribution in [0.2, 0.25) is 0 Å². The zero-order valence-electron chi connectivity index (χ0n) is 12.8. The number of rotatable bonds is 6. The van der Waals surface area contributed by atoms with E-state index in [1.165, 1.54) is 31.0 Å². The predicted molar refractivity (Wildman–Crippen MR) is 95.2 cm³/mol. The molecule has 1 saturated carbocycles. The first-order chi connectivity index (χ1) is 10.1. The molecule has 0 aromatic heterocycles. The standard InChI is InChI=1S/C15H24N2O2S2.ClH/c1-20-13-8-5-9-14(10-13)21(18,19)17-15(11-16)12-6-3-2-4-7-12;/h5,8-10,12,15,17H,2-4,6-7,11,16H2,1H3;1H. The summed E-state index contributed by atoms with van der Waals surface area (Å²) in [5.41, 5.74) is 5.81. The zero-order chi connectivity index (χ0) is 15.3. The SMILES string of the molecule is CSc1cccc(S(=O)(=O)NC(CN)C2CCCCC2)c1.Cl. The molecule has 126 valence electrons. The molecule has 0 bridgehead atoms. The van der Waals surface area contributed by atoms with Crippen LogP contribution in [0.5, 0.6) is 0 Å². The van der Waals surface area contributed by atoms with Crippen molar-refractivity contribution in [1.29, 1.82) is 0 Å². The number of sulfonamides is 1. The average Bonchev–Trinajstić information content (AvgIpc) is 2.53. The van der Waals surface area contributed by atoms with Gasteiger partial charge in [0.1, 0.15) is 0 Å². The van der Waals surface area contributed by atoms with Crippen LogP contribution in [-0.4, -0.2) is 27.3 Å². The van der Waals surface area contributed by atoms with Gasteiger partial charge in [-0.1, -0.05) is 25.3 Å². The van der Waals surface area contributed by atoms with E-state index >= 15 is 0 Å². The molecule has 22 heavy (non-hydrogen) atoms. The Balaban J connectivity index is 0.00000242. The van der Waals surface area contributed by atoms with Crippen molar-refractivity contribution in [1.82, 2.24) is 4.72 Å². The monoisotopic (exact) mass is 364 g/mol. The smallest absolute Gasteiger partial charge is 0.240 e. The summed E-state index contributed by atoms with van der Waals surface area (Å²) in [6, 6.07) is 6.87. The number of thioether (sulfide) groups is 1. The highest BCUT2D eigenvalue weighted by molar-refractivity contribution is 7.98. The van der Waals surface area contributed by atoms with Gasteiger partial charge in [0.15, 0.2) is 0 Å². The Morgan fingerprint density at radius 2 is 2.00 bits per heavy atom. The molecular formula is C15H25ClN2O2S2. The van der Waals surface area contributed by atoms with E-state index in [-0.39, 0.29) is 18.4 Å². The first-order valence-corrected chi connectivity index (χ1v) is 10.1. The van der Waals surface area contributed by atoms with Crippen molar-refractivity contribution >= 4 is 34.2 Å². The molecular weight excluding hydrogens is 340 g/mol. The molecule has 0 aliphatic heterocycles. The summed E-state index contributed by atoms with van der Waals surface area (Å²) in [4.78, 5) is 1.27. The van der Waals surface area contributed by atoms with Crippen LogP contribution in [0, 0.1) is 5.92 Å². The summed E-state index contributed by atoms with van der Waals surface area (Å²) in [6.07, 6.45) is 7.65. The molecule has 1 fully saturated rings.